The second-order valence-electron chi connectivity index (χ2n) is 7.72. The van der Waals surface area contributed by atoms with Crippen LogP contribution in [0.5, 0.6) is 0 Å². The van der Waals surface area contributed by atoms with Crippen molar-refractivity contribution >= 4 is 39.3 Å². The molecule has 3 amide bonds. The number of amides is 3. The quantitative estimate of drug-likeness (QED) is 0.721. The van der Waals surface area contributed by atoms with Crippen molar-refractivity contribution < 1.29 is 14.4 Å². The number of carbonyl (C=O) groups excluding carboxylic acids is 3. The van der Waals surface area contributed by atoms with Crippen LogP contribution in [-0.4, -0.2) is 72.8 Å². The van der Waals surface area contributed by atoms with Crippen LogP contribution in [-0.2, 0) is 9.59 Å². The molecule has 0 radical (unpaired) electrons. The number of rotatable bonds is 4. The Kier molecular flexibility index (Phi) is 6.56. The lowest BCUT2D eigenvalue weighted by Crippen LogP contribution is -2.59. The van der Waals surface area contributed by atoms with Gasteiger partial charge in [0.1, 0.15) is 6.04 Å². The van der Waals surface area contributed by atoms with E-state index in [1.807, 2.05) is 18.2 Å². The van der Waals surface area contributed by atoms with Gasteiger partial charge in [0, 0.05) is 55.0 Å². The number of nitrogens with zero attached hydrogens (tertiary/aromatic N) is 3. The van der Waals surface area contributed by atoms with E-state index in [-0.39, 0.29) is 24.1 Å². The number of nitrogens with one attached hydrogen (secondary N) is 1. The van der Waals surface area contributed by atoms with Gasteiger partial charge in [-0.25, -0.2) is 0 Å². The number of hydrogen-bond acceptors (Lipinski definition) is 4. The highest BCUT2D eigenvalue weighted by Crippen LogP contribution is 2.19. The number of para-hydroxylation sites is 1. The summed E-state index contributed by atoms with van der Waals surface area (Å²) in [4.78, 5) is 44.1. The second-order valence-corrected chi connectivity index (χ2v) is 8.64. The van der Waals surface area contributed by atoms with Gasteiger partial charge in [0.25, 0.3) is 5.91 Å². The molecule has 162 valence electrons. The monoisotopic (exact) mass is 484 g/mol. The molecule has 0 bridgehead atoms. The molecule has 1 atom stereocenters. The van der Waals surface area contributed by atoms with Crippen molar-refractivity contribution in [1.82, 2.24) is 15.1 Å². The molecule has 7 nitrogen and oxygen atoms in total. The minimum Gasteiger partial charge on any atom is -0.368 e. The van der Waals surface area contributed by atoms with Crippen molar-refractivity contribution in [2.75, 3.05) is 44.2 Å². The average Bonchev–Trinajstić information content (AvgIpc) is 2.81. The van der Waals surface area contributed by atoms with E-state index in [0.717, 1.165) is 23.2 Å². The van der Waals surface area contributed by atoms with Crippen LogP contribution in [0.1, 0.15) is 16.8 Å². The summed E-state index contributed by atoms with van der Waals surface area (Å²) in [5.74, 6) is -0.592. The van der Waals surface area contributed by atoms with Gasteiger partial charge in [-0.15, -0.1) is 0 Å². The fourth-order valence-corrected chi connectivity index (χ4v) is 4.33. The van der Waals surface area contributed by atoms with Gasteiger partial charge in [-0.3, -0.25) is 14.4 Å². The Balaban J connectivity index is 1.40. The molecule has 2 aromatic rings. The summed E-state index contributed by atoms with van der Waals surface area (Å²) in [5.41, 5.74) is 1.65. The Morgan fingerprint density at radius 1 is 0.935 bits per heavy atom. The lowest BCUT2D eigenvalue weighted by molar-refractivity contribution is -0.138. The minimum absolute atomic E-state index is 0.000557. The van der Waals surface area contributed by atoms with Gasteiger partial charge in [-0.1, -0.05) is 34.1 Å². The first kappa shape index (κ1) is 21.4. The Morgan fingerprint density at radius 3 is 2.29 bits per heavy atom. The Bertz CT molecular complexity index is 943. The number of carbonyl (C=O) groups is 3. The summed E-state index contributed by atoms with van der Waals surface area (Å²) in [6.07, 6.45) is -0.000557. The van der Waals surface area contributed by atoms with Gasteiger partial charge in [0.15, 0.2) is 0 Å². The van der Waals surface area contributed by atoms with Gasteiger partial charge >= 0.3 is 0 Å². The van der Waals surface area contributed by atoms with E-state index < -0.39 is 6.04 Å². The summed E-state index contributed by atoms with van der Waals surface area (Å²) in [5, 5.41) is 2.80. The van der Waals surface area contributed by atoms with Crippen molar-refractivity contribution in [2.24, 2.45) is 0 Å². The standard InChI is InChI=1S/C23H25BrN4O3/c24-18-8-6-17(7-9-18)23(31)28-11-10-25-22(30)20(28)16-21(29)27-14-12-26(13-15-27)19-4-2-1-3-5-19/h1-9,20H,10-16H2,(H,25,30)/t20-/m1/s1. The molecule has 2 aliphatic heterocycles. The Hall–Kier alpha value is -2.87. The van der Waals surface area contributed by atoms with Crippen LogP contribution in [0.4, 0.5) is 5.69 Å². The van der Waals surface area contributed by atoms with Crippen molar-refractivity contribution in [2.45, 2.75) is 12.5 Å². The van der Waals surface area contributed by atoms with Crippen molar-refractivity contribution in [3.8, 4) is 0 Å². The normalized spacial score (nSPS) is 19.2. The maximum atomic E-state index is 13.0. The zero-order valence-electron chi connectivity index (χ0n) is 17.2. The molecule has 2 fully saturated rings. The second kappa shape index (κ2) is 9.51. The van der Waals surface area contributed by atoms with Crippen molar-refractivity contribution in [3.63, 3.8) is 0 Å². The average molecular weight is 485 g/mol. The first-order valence-corrected chi connectivity index (χ1v) is 11.2. The van der Waals surface area contributed by atoms with Gasteiger partial charge in [0.2, 0.25) is 11.8 Å². The molecule has 0 spiro atoms. The molecule has 1 N–H and O–H groups in total. The van der Waals surface area contributed by atoms with E-state index in [1.54, 1.807) is 29.2 Å². The molecule has 31 heavy (non-hydrogen) atoms. The first-order valence-electron chi connectivity index (χ1n) is 10.4. The molecule has 2 aliphatic rings. The third-order valence-corrected chi connectivity index (χ3v) is 6.33. The molecule has 2 saturated heterocycles. The van der Waals surface area contributed by atoms with Crippen LogP contribution in [0.15, 0.2) is 59.1 Å². The highest BCUT2D eigenvalue weighted by atomic mass is 79.9. The fourth-order valence-electron chi connectivity index (χ4n) is 4.07. The van der Waals surface area contributed by atoms with Crippen LogP contribution in [0.2, 0.25) is 0 Å². The Morgan fingerprint density at radius 2 is 1.61 bits per heavy atom. The molecule has 8 heteroatoms. The highest BCUT2D eigenvalue weighted by molar-refractivity contribution is 9.10. The van der Waals surface area contributed by atoms with E-state index in [2.05, 4.69) is 38.3 Å². The van der Waals surface area contributed by atoms with Crippen LogP contribution >= 0.6 is 15.9 Å². The smallest absolute Gasteiger partial charge is 0.254 e. The summed E-state index contributed by atoms with van der Waals surface area (Å²) in [6, 6.07) is 16.4. The maximum absolute atomic E-state index is 13.0. The predicted octanol–water partition coefficient (Wildman–Crippen LogP) is 2.13. The maximum Gasteiger partial charge on any atom is 0.254 e. The lowest BCUT2D eigenvalue weighted by Gasteiger charge is -2.39. The lowest BCUT2D eigenvalue weighted by atomic mass is 10.1. The first-order chi connectivity index (χ1) is 15.0. The number of piperazine rings is 2. The van der Waals surface area contributed by atoms with Crippen LogP contribution < -0.4 is 10.2 Å². The van der Waals surface area contributed by atoms with E-state index in [4.69, 9.17) is 0 Å². The third-order valence-electron chi connectivity index (χ3n) is 5.80. The minimum atomic E-state index is -0.787. The molecule has 0 unspecified atom stereocenters. The fraction of sp³-hybridized carbons (Fsp3) is 0.348. The molecular formula is C23H25BrN4O3. The van der Waals surface area contributed by atoms with Crippen LogP contribution in [0.3, 0.4) is 0 Å². The molecular weight excluding hydrogens is 460 g/mol. The summed E-state index contributed by atoms with van der Waals surface area (Å²) in [7, 11) is 0. The van der Waals surface area contributed by atoms with E-state index >= 15 is 0 Å². The predicted molar refractivity (Wildman–Crippen MR) is 122 cm³/mol. The van der Waals surface area contributed by atoms with E-state index in [9.17, 15) is 14.4 Å². The molecule has 4 rings (SSSR count). The SMILES string of the molecule is O=C1NCCN(C(=O)c2ccc(Br)cc2)[C@@H]1CC(=O)N1CCN(c2ccccc2)CC1. The van der Waals surface area contributed by atoms with Gasteiger partial charge < -0.3 is 20.0 Å². The number of anilines is 1. The molecule has 0 saturated carbocycles. The van der Waals surface area contributed by atoms with Gasteiger partial charge in [-0.2, -0.15) is 0 Å². The summed E-state index contributed by atoms with van der Waals surface area (Å²) >= 11 is 3.37. The molecule has 2 heterocycles. The largest absolute Gasteiger partial charge is 0.368 e. The number of hydrogen-bond donors (Lipinski definition) is 1. The molecule has 0 aromatic heterocycles. The third kappa shape index (κ3) is 4.90. The van der Waals surface area contributed by atoms with Gasteiger partial charge in [0.05, 0.1) is 6.42 Å². The van der Waals surface area contributed by atoms with Crippen LogP contribution in [0.25, 0.3) is 0 Å². The van der Waals surface area contributed by atoms with Crippen molar-refractivity contribution in [3.05, 3.63) is 64.6 Å². The zero-order chi connectivity index (χ0) is 21.8. The number of halogens is 1. The van der Waals surface area contributed by atoms with Gasteiger partial charge in [-0.05, 0) is 36.4 Å². The molecule has 2 aromatic carbocycles. The van der Waals surface area contributed by atoms with E-state index in [0.29, 0.717) is 31.7 Å². The topological polar surface area (TPSA) is 73.0 Å². The number of benzene rings is 2. The zero-order valence-corrected chi connectivity index (χ0v) is 18.8. The van der Waals surface area contributed by atoms with E-state index in [1.165, 1.54) is 4.90 Å². The summed E-state index contributed by atoms with van der Waals surface area (Å²) in [6.45, 7) is 3.47. The van der Waals surface area contributed by atoms with Crippen molar-refractivity contribution in [1.29, 1.82) is 0 Å². The summed E-state index contributed by atoms with van der Waals surface area (Å²) < 4.78 is 0.877. The Labute approximate surface area is 190 Å². The highest BCUT2D eigenvalue weighted by Gasteiger charge is 2.36. The van der Waals surface area contributed by atoms with Crippen LogP contribution in [0, 0.1) is 0 Å². The molecule has 0 aliphatic carbocycles.